The third kappa shape index (κ3) is 2.85. The average molecular weight is 196 g/mol. The Morgan fingerprint density at radius 3 is 3.00 bits per heavy atom. The summed E-state index contributed by atoms with van der Waals surface area (Å²) in [5.41, 5.74) is 5.94. The van der Waals surface area contributed by atoms with Gasteiger partial charge in [0.25, 0.3) is 5.91 Å². The number of rotatable bonds is 4. The van der Waals surface area contributed by atoms with E-state index in [0.717, 1.165) is 0 Å². The van der Waals surface area contributed by atoms with Crippen LogP contribution in [0.1, 0.15) is 24.2 Å². The van der Waals surface area contributed by atoms with Crippen LogP contribution in [0.4, 0.5) is 0 Å². The molecule has 1 aromatic heterocycles. The molecule has 1 amide bonds. The second kappa shape index (κ2) is 4.76. The highest BCUT2D eigenvalue weighted by Crippen LogP contribution is 1.97. The Labute approximate surface area is 83.3 Å². The van der Waals surface area contributed by atoms with Crippen LogP contribution in [0.15, 0.2) is 12.4 Å². The van der Waals surface area contributed by atoms with Crippen LogP contribution in [-0.4, -0.2) is 28.3 Å². The summed E-state index contributed by atoms with van der Waals surface area (Å²) in [4.78, 5) is 11.5. The highest BCUT2D eigenvalue weighted by Gasteiger charge is 2.08. The second-order valence-electron chi connectivity index (χ2n) is 3.41. The van der Waals surface area contributed by atoms with Gasteiger partial charge in [-0.1, -0.05) is 0 Å². The van der Waals surface area contributed by atoms with Crippen molar-refractivity contribution >= 4 is 5.91 Å². The molecular weight excluding hydrogens is 180 g/mol. The fraction of sp³-hybridized carbons (Fsp3) is 0.556. The van der Waals surface area contributed by atoms with Gasteiger partial charge in [0, 0.05) is 18.8 Å². The van der Waals surface area contributed by atoms with Gasteiger partial charge in [0.2, 0.25) is 0 Å². The SMILES string of the molecule is CC(C)NC(=O)c1cnn(CCN)c1. The van der Waals surface area contributed by atoms with Gasteiger partial charge in [-0.2, -0.15) is 5.10 Å². The number of carbonyl (C=O) groups is 1. The molecule has 0 aliphatic heterocycles. The standard InChI is InChI=1S/C9H16N4O/c1-7(2)12-9(14)8-5-11-13(6-8)4-3-10/h5-7H,3-4,10H2,1-2H3,(H,12,14). The molecular formula is C9H16N4O. The van der Waals surface area contributed by atoms with E-state index in [1.807, 2.05) is 13.8 Å². The molecule has 0 aliphatic carbocycles. The monoisotopic (exact) mass is 196 g/mol. The van der Waals surface area contributed by atoms with Crippen LogP contribution in [0.5, 0.6) is 0 Å². The first-order valence-corrected chi connectivity index (χ1v) is 4.67. The number of hydrogen-bond acceptors (Lipinski definition) is 3. The first kappa shape index (κ1) is 10.7. The summed E-state index contributed by atoms with van der Waals surface area (Å²) < 4.78 is 1.66. The molecule has 0 atom stereocenters. The van der Waals surface area contributed by atoms with Gasteiger partial charge >= 0.3 is 0 Å². The summed E-state index contributed by atoms with van der Waals surface area (Å²) in [5, 5.41) is 6.80. The van der Waals surface area contributed by atoms with Gasteiger partial charge in [0.15, 0.2) is 0 Å². The van der Waals surface area contributed by atoms with E-state index in [4.69, 9.17) is 5.73 Å². The van der Waals surface area contributed by atoms with Crippen molar-refractivity contribution < 1.29 is 4.79 Å². The van der Waals surface area contributed by atoms with Gasteiger partial charge in [-0.25, -0.2) is 0 Å². The van der Waals surface area contributed by atoms with E-state index in [9.17, 15) is 4.79 Å². The predicted molar refractivity (Wildman–Crippen MR) is 53.9 cm³/mol. The van der Waals surface area contributed by atoms with Gasteiger partial charge in [-0.05, 0) is 13.8 Å². The number of carbonyl (C=O) groups excluding carboxylic acids is 1. The lowest BCUT2D eigenvalue weighted by Gasteiger charge is -2.05. The van der Waals surface area contributed by atoms with Crippen molar-refractivity contribution in [3.05, 3.63) is 18.0 Å². The van der Waals surface area contributed by atoms with Crippen LogP contribution in [0.2, 0.25) is 0 Å². The van der Waals surface area contributed by atoms with E-state index >= 15 is 0 Å². The maximum absolute atomic E-state index is 11.5. The minimum Gasteiger partial charge on any atom is -0.350 e. The van der Waals surface area contributed by atoms with Gasteiger partial charge in [0.05, 0.1) is 18.3 Å². The van der Waals surface area contributed by atoms with Crippen molar-refractivity contribution in [3.8, 4) is 0 Å². The smallest absolute Gasteiger partial charge is 0.254 e. The summed E-state index contributed by atoms with van der Waals surface area (Å²) in [7, 11) is 0. The minimum absolute atomic E-state index is 0.0942. The van der Waals surface area contributed by atoms with Crippen molar-refractivity contribution in [3.63, 3.8) is 0 Å². The van der Waals surface area contributed by atoms with Gasteiger partial charge in [-0.15, -0.1) is 0 Å². The second-order valence-corrected chi connectivity index (χ2v) is 3.41. The summed E-state index contributed by atoms with van der Waals surface area (Å²) in [6, 6.07) is 0.139. The molecule has 14 heavy (non-hydrogen) atoms. The highest BCUT2D eigenvalue weighted by atomic mass is 16.1. The molecule has 0 saturated heterocycles. The Morgan fingerprint density at radius 2 is 2.43 bits per heavy atom. The molecule has 1 rings (SSSR count). The number of aromatic nitrogens is 2. The first-order chi connectivity index (χ1) is 6.63. The number of nitrogens with one attached hydrogen (secondary N) is 1. The molecule has 5 heteroatoms. The quantitative estimate of drug-likeness (QED) is 0.710. The predicted octanol–water partition coefficient (Wildman–Crippen LogP) is -0.0200. The normalized spacial score (nSPS) is 10.6. The van der Waals surface area contributed by atoms with E-state index < -0.39 is 0 Å². The summed E-state index contributed by atoms with van der Waals surface area (Å²) >= 11 is 0. The van der Waals surface area contributed by atoms with Gasteiger partial charge in [-0.3, -0.25) is 9.48 Å². The van der Waals surface area contributed by atoms with Crippen LogP contribution in [-0.2, 0) is 6.54 Å². The largest absolute Gasteiger partial charge is 0.350 e. The number of hydrogen-bond donors (Lipinski definition) is 2. The van der Waals surface area contributed by atoms with Crippen LogP contribution >= 0.6 is 0 Å². The van der Waals surface area contributed by atoms with Crippen LogP contribution in [0.25, 0.3) is 0 Å². The third-order valence-electron chi connectivity index (χ3n) is 1.67. The summed E-state index contributed by atoms with van der Waals surface area (Å²) in [6.45, 7) is 4.99. The van der Waals surface area contributed by atoms with E-state index in [0.29, 0.717) is 18.7 Å². The van der Waals surface area contributed by atoms with Crippen molar-refractivity contribution in [2.24, 2.45) is 5.73 Å². The van der Waals surface area contributed by atoms with E-state index in [1.165, 1.54) is 0 Å². The van der Waals surface area contributed by atoms with Gasteiger partial charge in [0.1, 0.15) is 0 Å². The fourth-order valence-corrected chi connectivity index (χ4v) is 1.08. The van der Waals surface area contributed by atoms with Crippen molar-refractivity contribution in [2.45, 2.75) is 26.4 Å². The first-order valence-electron chi connectivity index (χ1n) is 4.67. The molecule has 3 N–H and O–H groups in total. The molecule has 0 spiro atoms. The topological polar surface area (TPSA) is 72.9 Å². The van der Waals surface area contributed by atoms with E-state index in [2.05, 4.69) is 10.4 Å². The average Bonchev–Trinajstić information content (AvgIpc) is 2.52. The zero-order chi connectivity index (χ0) is 10.6. The lowest BCUT2D eigenvalue weighted by Crippen LogP contribution is -2.29. The van der Waals surface area contributed by atoms with Crippen molar-refractivity contribution in [1.82, 2.24) is 15.1 Å². The summed E-state index contributed by atoms with van der Waals surface area (Å²) in [5.74, 6) is -0.0942. The Balaban J connectivity index is 2.62. The maximum atomic E-state index is 11.5. The van der Waals surface area contributed by atoms with Crippen LogP contribution < -0.4 is 11.1 Å². The molecule has 0 saturated carbocycles. The Bertz CT molecular complexity index is 306. The minimum atomic E-state index is -0.0942. The molecule has 0 aliphatic rings. The molecule has 0 radical (unpaired) electrons. The maximum Gasteiger partial charge on any atom is 0.254 e. The zero-order valence-corrected chi connectivity index (χ0v) is 8.53. The van der Waals surface area contributed by atoms with Crippen molar-refractivity contribution in [2.75, 3.05) is 6.54 Å². The van der Waals surface area contributed by atoms with Crippen molar-refractivity contribution in [1.29, 1.82) is 0 Å². The van der Waals surface area contributed by atoms with E-state index in [-0.39, 0.29) is 11.9 Å². The Hall–Kier alpha value is -1.36. The lowest BCUT2D eigenvalue weighted by atomic mass is 10.3. The molecule has 5 nitrogen and oxygen atoms in total. The van der Waals surface area contributed by atoms with Gasteiger partial charge < -0.3 is 11.1 Å². The Kier molecular flexibility index (Phi) is 3.64. The van der Waals surface area contributed by atoms with E-state index in [1.54, 1.807) is 17.1 Å². The number of amides is 1. The molecule has 78 valence electrons. The summed E-state index contributed by atoms with van der Waals surface area (Å²) in [6.07, 6.45) is 3.25. The fourth-order valence-electron chi connectivity index (χ4n) is 1.08. The number of nitrogens with two attached hydrogens (primary N) is 1. The zero-order valence-electron chi connectivity index (χ0n) is 8.53. The highest BCUT2D eigenvalue weighted by molar-refractivity contribution is 5.93. The molecule has 0 bridgehead atoms. The molecule has 0 fully saturated rings. The molecule has 1 heterocycles. The number of nitrogens with zero attached hydrogens (tertiary/aromatic N) is 2. The van der Waals surface area contributed by atoms with Crippen LogP contribution in [0, 0.1) is 0 Å². The third-order valence-corrected chi connectivity index (χ3v) is 1.67. The molecule has 1 aromatic rings. The Morgan fingerprint density at radius 1 is 1.71 bits per heavy atom. The molecule has 0 aromatic carbocycles. The lowest BCUT2D eigenvalue weighted by molar-refractivity contribution is 0.0943. The molecule has 0 unspecified atom stereocenters. The van der Waals surface area contributed by atoms with Crippen LogP contribution in [0.3, 0.4) is 0 Å².